The zero-order valence-corrected chi connectivity index (χ0v) is 15.7. The van der Waals surface area contributed by atoms with Gasteiger partial charge in [0.15, 0.2) is 16.6 Å². The van der Waals surface area contributed by atoms with Crippen LogP contribution in [0.15, 0.2) is 23.4 Å². The summed E-state index contributed by atoms with van der Waals surface area (Å²) in [6.45, 7) is 5.73. The van der Waals surface area contributed by atoms with Crippen molar-refractivity contribution in [1.82, 2.24) is 10.2 Å². The molecular weight excluding hydrogens is 355 g/mol. The number of benzene rings is 1. The number of halogens is 2. The second-order valence-electron chi connectivity index (χ2n) is 5.24. The molecule has 23 heavy (non-hydrogen) atoms. The lowest BCUT2D eigenvalue weighted by Gasteiger charge is -2.35. The average molecular weight is 373 g/mol. The lowest BCUT2D eigenvalue weighted by atomic mass is 9.92. The van der Waals surface area contributed by atoms with Crippen LogP contribution in [0.25, 0.3) is 0 Å². The van der Waals surface area contributed by atoms with Gasteiger partial charge in [0, 0.05) is 18.3 Å². The molecule has 0 bridgehead atoms. The maximum absolute atomic E-state index is 12.1. The van der Waals surface area contributed by atoms with Crippen molar-refractivity contribution >= 4 is 46.3 Å². The van der Waals surface area contributed by atoms with Crippen LogP contribution in [0.3, 0.4) is 0 Å². The van der Waals surface area contributed by atoms with Crippen molar-refractivity contribution in [3.8, 4) is 5.75 Å². The van der Waals surface area contributed by atoms with Gasteiger partial charge in [-0.25, -0.2) is 0 Å². The maximum atomic E-state index is 12.1. The lowest BCUT2D eigenvalue weighted by molar-refractivity contribution is -0.114. The molecule has 1 aromatic rings. The minimum atomic E-state index is -0.387. The third kappa shape index (κ3) is 3.47. The Labute approximate surface area is 151 Å². The summed E-state index contributed by atoms with van der Waals surface area (Å²) in [5, 5.41) is 4.52. The second kappa shape index (κ2) is 7.07. The van der Waals surface area contributed by atoms with Crippen molar-refractivity contribution < 1.29 is 9.53 Å². The molecular formula is C16H18Cl2N2O2S. The van der Waals surface area contributed by atoms with E-state index in [0.717, 1.165) is 11.3 Å². The van der Waals surface area contributed by atoms with Crippen LogP contribution in [0.2, 0.25) is 10.0 Å². The minimum absolute atomic E-state index is 0.0320. The van der Waals surface area contributed by atoms with E-state index in [1.807, 2.05) is 20.9 Å². The van der Waals surface area contributed by atoms with E-state index in [1.54, 1.807) is 17.0 Å². The number of Topliss-reactive ketones (excluding diaryl/α,β-unsaturated/α-hetero) is 1. The Balaban J connectivity index is 2.56. The standard InChI is InChI=1S/C16H18Cl2N2O2S/c1-5-22-15-11(17)6-10(7-12(15)18)14-13(9(3)21)8(2)20(4)16(23)19-14/h6-7,14H,5H2,1-4H3,(H,19,23). The maximum Gasteiger partial charge on any atom is 0.173 e. The van der Waals surface area contributed by atoms with E-state index in [9.17, 15) is 4.79 Å². The Morgan fingerprint density at radius 2 is 1.96 bits per heavy atom. The molecule has 0 saturated carbocycles. The molecule has 0 spiro atoms. The lowest BCUT2D eigenvalue weighted by Crippen LogP contribution is -2.45. The summed E-state index contributed by atoms with van der Waals surface area (Å²) in [6.07, 6.45) is 0. The smallest absolute Gasteiger partial charge is 0.173 e. The average Bonchev–Trinajstić information content (AvgIpc) is 2.47. The number of rotatable bonds is 4. The zero-order valence-electron chi connectivity index (χ0n) is 13.4. The van der Waals surface area contributed by atoms with Gasteiger partial charge in [-0.3, -0.25) is 4.79 Å². The van der Waals surface area contributed by atoms with Crippen molar-refractivity contribution in [2.24, 2.45) is 0 Å². The summed E-state index contributed by atoms with van der Waals surface area (Å²) in [4.78, 5) is 13.9. The molecule has 0 amide bonds. The molecule has 1 aromatic carbocycles. The molecule has 1 aliphatic rings. The Bertz CT molecular complexity index is 680. The number of nitrogens with one attached hydrogen (secondary N) is 1. The van der Waals surface area contributed by atoms with E-state index in [2.05, 4.69) is 5.32 Å². The molecule has 2 rings (SSSR count). The molecule has 1 heterocycles. The Morgan fingerprint density at radius 3 is 2.43 bits per heavy atom. The molecule has 0 aliphatic carbocycles. The van der Waals surface area contributed by atoms with E-state index in [-0.39, 0.29) is 11.8 Å². The number of thiocarbonyl (C=S) groups is 1. The van der Waals surface area contributed by atoms with Crippen molar-refractivity contribution in [2.45, 2.75) is 26.8 Å². The minimum Gasteiger partial charge on any atom is -0.491 e. The fourth-order valence-electron chi connectivity index (χ4n) is 2.57. The van der Waals surface area contributed by atoms with Crippen molar-refractivity contribution in [3.63, 3.8) is 0 Å². The van der Waals surface area contributed by atoms with Crippen LogP contribution >= 0.6 is 35.4 Å². The summed E-state index contributed by atoms with van der Waals surface area (Å²) in [6, 6.07) is 3.11. The molecule has 0 saturated heterocycles. The molecule has 0 aromatic heterocycles. The van der Waals surface area contributed by atoms with Crippen molar-refractivity contribution in [2.75, 3.05) is 13.7 Å². The van der Waals surface area contributed by atoms with Gasteiger partial charge in [0.25, 0.3) is 0 Å². The number of ether oxygens (including phenoxy) is 1. The van der Waals surface area contributed by atoms with Gasteiger partial charge in [-0.05, 0) is 50.7 Å². The molecule has 1 N–H and O–H groups in total. The number of carbonyl (C=O) groups is 1. The van der Waals surface area contributed by atoms with Crippen molar-refractivity contribution in [1.29, 1.82) is 0 Å². The quantitative estimate of drug-likeness (QED) is 0.805. The highest BCUT2D eigenvalue weighted by atomic mass is 35.5. The molecule has 0 radical (unpaired) electrons. The largest absolute Gasteiger partial charge is 0.491 e. The van der Waals surface area contributed by atoms with Crippen LogP contribution in [0.4, 0.5) is 0 Å². The van der Waals surface area contributed by atoms with E-state index in [4.69, 9.17) is 40.2 Å². The first kappa shape index (κ1) is 18.0. The fourth-order valence-corrected chi connectivity index (χ4v) is 3.44. The highest BCUT2D eigenvalue weighted by Crippen LogP contribution is 2.39. The van der Waals surface area contributed by atoms with Gasteiger partial charge in [0.1, 0.15) is 0 Å². The SMILES string of the molecule is CCOc1c(Cl)cc(C2NC(=S)N(C)C(C)=C2C(C)=O)cc1Cl. The number of ketones is 1. The third-order valence-electron chi connectivity index (χ3n) is 3.78. The Morgan fingerprint density at radius 1 is 1.39 bits per heavy atom. The molecule has 0 fully saturated rings. The van der Waals surface area contributed by atoms with Crippen LogP contribution in [0, 0.1) is 0 Å². The second-order valence-corrected chi connectivity index (χ2v) is 6.44. The summed E-state index contributed by atoms with van der Waals surface area (Å²) < 4.78 is 5.45. The third-order valence-corrected chi connectivity index (χ3v) is 4.73. The van der Waals surface area contributed by atoms with Gasteiger partial charge in [-0.1, -0.05) is 23.2 Å². The number of hydrogen-bond donors (Lipinski definition) is 1. The first-order chi connectivity index (χ1) is 10.8. The molecule has 1 aliphatic heterocycles. The van der Waals surface area contributed by atoms with Crippen LogP contribution in [-0.2, 0) is 4.79 Å². The van der Waals surface area contributed by atoms with E-state index in [0.29, 0.717) is 33.1 Å². The van der Waals surface area contributed by atoms with Crippen LogP contribution in [0.1, 0.15) is 32.4 Å². The topological polar surface area (TPSA) is 41.6 Å². The fraction of sp³-hybridized carbons (Fsp3) is 0.375. The van der Waals surface area contributed by atoms with E-state index < -0.39 is 0 Å². The molecule has 124 valence electrons. The number of carbonyl (C=O) groups excluding carboxylic acids is 1. The summed E-state index contributed by atoms with van der Waals surface area (Å²) in [5.74, 6) is 0.413. The van der Waals surface area contributed by atoms with Gasteiger partial charge >= 0.3 is 0 Å². The number of hydrogen-bond acceptors (Lipinski definition) is 3. The highest BCUT2D eigenvalue weighted by Gasteiger charge is 2.31. The van der Waals surface area contributed by atoms with Crippen LogP contribution < -0.4 is 10.1 Å². The van der Waals surface area contributed by atoms with Crippen molar-refractivity contribution in [3.05, 3.63) is 39.0 Å². The normalized spacial score (nSPS) is 18.1. The Hall–Kier alpha value is -1.30. The monoisotopic (exact) mass is 372 g/mol. The van der Waals surface area contributed by atoms with Crippen LogP contribution in [0.5, 0.6) is 5.75 Å². The summed E-state index contributed by atoms with van der Waals surface area (Å²) >= 11 is 17.9. The van der Waals surface area contributed by atoms with Gasteiger partial charge < -0.3 is 15.0 Å². The molecule has 7 heteroatoms. The number of allylic oxidation sites excluding steroid dienone is 1. The summed E-state index contributed by atoms with van der Waals surface area (Å²) in [7, 11) is 1.82. The van der Waals surface area contributed by atoms with Gasteiger partial charge in [0.2, 0.25) is 0 Å². The highest BCUT2D eigenvalue weighted by molar-refractivity contribution is 7.80. The number of nitrogens with zero attached hydrogens (tertiary/aromatic N) is 1. The summed E-state index contributed by atoms with van der Waals surface area (Å²) in [5.41, 5.74) is 2.22. The van der Waals surface area contributed by atoms with Gasteiger partial charge in [0.05, 0.1) is 22.7 Å². The first-order valence-corrected chi connectivity index (χ1v) is 8.32. The predicted octanol–water partition coefficient (Wildman–Crippen LogP) is 4.12. The Kier molecular flexibility index (Phi) is 5.55. The molecule has 4 nitrogen and oxygen atoms in total. The molecule has 1 atom stereocenters. The predicted molar refractivity (Wildman–Crippen MR) is 97.2 cm³/mol. The molecule has 1 unspecified atom stereocenters. The van der Waals surface area contributed by atoms with E-state index >= 15 is 0 Å². The van der Waals surface area contributed by atoms with E-state index in [1.165, 1.54) is 6.92 Å². The van der Waals surface area contributed by atoms with Crippen LogP contribution in [-0.4, -0.2) is 29.5 Å². The first-order valence-electron chi connectivity index (χ1n) is 7.15. The van der Waals surface area contributed by atoms with Gasteiger partial charge in [-0.15, -0.1) is 0 Å². The van der Waals surface area contributed by atoms with Gasteiger partial charge in [-0.2, -0.15) is 0 Å². The zero-order chi connectivity index (χ0) is 17.3.